The number of hydrogen-bond acceptors (Lipinski definition) is 2. The van der Waals surface area contributed by atoms with Crippen LogP contribution in [0.4, 0.5) is 10.1 Å². The molecule has 2 rings (SSSR count). The van der Waals surface area contributed by atoms with Gasteiger partial charge < -0.3 is 10.6 Å². The van der Waals surface area contributed by atoms with E-state index in [0.29, 0.717) is 17.6 Å². The fourth-order valence-corrected chi connectivity index (χ4v) is 2.85. The highest BCUT2D eigenvalue weighted by Crippen LogP contribution is 2.34. The monoisotopic (exact) mass is 250 g/mol. The summed E-state index contributed by atoms with van der Waals surface area (Å²) in [6.45, 7) is 7.26. The smallest absolute Gasteiger partial charge is 0.146 e. The predicted molar refractivity (Wildman–Crippen MR) is 74.2 cm³/mol. The molecule has 3 heteroatoms. The van der Waals surface area contributed by atoms with E-state index in [4.69, 9.17) is 5.73 Å². The Balaban J connectivity index is 2.43. The average Bonchev–Trinajstić information content (AvgIpc) is 2.33. The first-order valence-corrected chi connectivity index (χ1v) is 6.83. The Morgan fingerprint density at radius 1 is 1.39 bits per heavy atom. The van der Waals surface area contributed by atoms with E-state index in [1.807, 2.05) is 13.0 Å². The van der Waals surface area contributed by atoms with E-state index in [0.717, 1.165) is 18.5 Å². The summed E-state index contributed by atoms with van der Waals surface area (Å²) in [6, 6.07) is 5.45. The number of rotatable bonds is 2. The minimum absolute atomic E-state index is 0.139. The first-order valence-electron chi connectivity index (χ1n) is 6.83. The second-order valence-electron chi connectivity index (χ2n) is 5.52. The van der Waals surface area contributed by atoms with Crippen molar-refractivity contribution in [2.24, 2.45) is 11.7 Å². The van der Waals surface area contributed by atoms with E-state index in [1.165, 1.54) is 12.5 Å². The molecular weight excluding hydrogens is 227 g/mol. The number of anilines is 1. The minimum atomic E-state index is -0.147. The lowest BCUT2D eigenvalue weighted by atomic mass is 9.90. The molecule has 1 aliphatic rings. The van der Waals surface area contributed by atoms with Crippen molar-refractivity contribution >= 4 is 5.69 Å². The first-order chi connectivity index (χ1) is 8.52. The number of piperidine rings is 1. The van der Waals surface area contributed by atoms with Gasteiger partial charge in [-0.2, -0.15) is 0 Å². The van der Waals surface area contributed by atoms with Gasteiger partial charge in [-0.25, -0.2) is 4.39 Å². The molecule has 0 spiro atoms. The van der Waals surface area contributed by atoms with E-state index in [-0.39, 0.29) is 11.9 Å². The molecule has 1 saturated heterocycles. The molecule has 18 heavy (non-hydrogen) atoms. The quantitative estimate of drug-likeness (QED) is 0.871. The SMILES string of the molecule is CC(N)c1cccc(F)c1N1CCCC(C)C1C. The largest absolute Gasteiger partial charge is 0.366 e. The lowest BCUT2D eigenvalue weighted by molar-refractivity contribution is 0.359. The summed E-state index contributed by atoms with van der Waals surface area (Å²) in [7, 11) is 0. The van der Waals surface area contributed by atoms with Crippen molar-refractivity contribution in [2.45, 2.75) is 45.7 Å². The second kappa shape index (κ2) is 5.27. The van der Waals surface area contributed by atoms with Crippen LogP contribution in [0.1, 0.15) is 45.2 Å². The summed E-state index contributed by atoms with van der Waals surface area (Å²) in [5.41, 5.74) is 7.60. The molecule has 100 valence electrons. The molecule has 0 bridgehead atoms. The molecule has 0 aliphatic carbocycles. The third kappa shape index (κ3) is 2.37. The normalized spacial score (nSPS) is 26.2. The first kappa shape index (κ1) is 13.3. The highest BCUT2D eigenvalue weighted by atomic mass is 19.1. The van der Waals surface area contributed by atoms with Crippen LogP contribution in [-0.4, -0.2) is 12.6 Å². The Morgan fingerprint density at radius 2 is 2.11 bits per heavy atom. The minimum Gasteiger partial charge on any atom is -0.366 e. The topological polar surface area (TPSA) is 29.3 Å². The Hall–Kier alpha value is -1.09. The van der Waals surface area contributed by atoms with Gasteiger partial charge >= 0.3 is 0 Å². The fourth-order valence-electron chi connectivity index (χ4n) is 2.85. The second-order valence-corrected chi connectivity index (χ2v) is 5.52. The van der Waals surface area contributed by atoms with Gasteiger partial charge in [0.15, 0.2) is 0 Å². The molecule has 3 atom stereocenters. The van der Waals surface area contributed by atoms with Gasteiger partial charge in [0.25, 0.3) is 0 Å². The fraction of sp³-hybridized carbons (Fsp3) is 0.600. The maximum Gasteiger partial charge on any atom is 0.146 e. The number of nitrogens with two attached hydrogens (primary N) is 1. The third-order valence-electron chi connectivity index (χ3n) is 4.17. The Morgan fingerprint density at radius 3 is 2.78 bits per heavy atom. The van der Waals surface area contributed by atoms with Crippen LogP contribution >= 0.6 is 0 Å². The van der Waals surface area contributed by atoms with Gasteiger partial charge in [0.1, 0.15) is 5.82 Å². The molecule has 0 saturated carbocycles. The van der Waals surface area contributed by atoms with Crippen molar-refractivity contribution in [1.29, 1.82) is 0 Å². The van der Waals surface area contributed by atoms with Gasteiger partial charge in [-0.1, -0.05) is 19.1 Å². The van der Waals surface area contributed by atoms with E-state index in [9.17, 15) is 4.39 Å². The molecule has 1 heterocycles. The van der Waals surface area contributed by atoms with Crippen LogP contribution in [0.3, 0.4) is 0 Å². The zero-order chi connectivity index (χ0) is 13.3. The summed E-state index contributed by atoms with van der Waals surface area (Å²) in [6.07, 6.45) is 2.35. The van der Waals surface area contributed by atoms with Crippen molar-refractivity contribution in [2.75, 3.05) is 11.4 Å². The van der Waals surface area contributed by atoms with Gasteiger partial charge in [-0.3, -0.25) is 0 Å². The van der Waals surface area contributed by atoms with Crippen LogP contribution in [0.25, 0.3) is 0 Å². The molecule has 0 radical (unpaired) electrons. The van der Waals surface area contributed by atoms with Gasteiger partial charge in [0.05, 0.1) is 5.69 Å². The van der Waals surface area contributed by atoms with Gasteiger partial charge in [0, 0.05) is 18.6 Å². The van der Waals surface area contributed by atoms with Gasteiger partial charge in [-0.05, 0) is 44.2 Å². The highest BCUT2D eigenvalue weighted by Gasteiger charge is 2.28. The molecule has 2 nitrogen and oxygen atoms in total. The van der Waals surface area contributed by atoms with Crippen molar-refractivity contribution in [3.05, 3.63) is 29.6 Å². The van der Waals surface area contributed by atoms with E-state index in [1.54, 1.807) is 6.07 Å². The van der Waals surface area contributed by atoms with Gasteiger partial charge in [0.2, 0.25) is 0 Å². The van der Waals surface area contributed by atoms with Crippen LogP contribution in [0, 0.1) is 11.7 Å². The predicted octanol–water partition coefficient (Wildman–Crippen LogP) is 3.47. The van der Waals surface area contributed by atoms with Crippen LogP contribution in [-0.2, 0) is 0 Å². The Bertz CT molecular complexity index is 417. The van der Waals surface area contributed by atoms with E-state index >= 15 is 0 Å². The third-order valence-corrected chi connectivity index (χ3v) is 4.17. The standard InChI is InChI=1S/C15H23FN2/c1-10-6-5-9-18(12(10)3)15-13(11(2)17)7-4-8-14(15)16/h4,7-8,10-12H,5-6,9,17H2,1-3H3. The Kier molecular flexibility index (Phi) is 3.91. The highest BCUT2D eigenvalue weighted by molar-refractivity contribution is 5.57. The maximum absolute atomic E-state index is 14.2. The molecule has 2 N–H and O–H groups in total. The number of benzene rings is 1. The summed E-state index contributed by atoms with van der Waals surface area (Å²) in [4.78, 5) is 2.20. The van der Waals surface area contributed by atoms with Crippen molar-refractivity contribution in [3.8, 4) is 0 Å². The molecule has 1 aliphatic heterocycles. The number of nitrogens with zero attached hydrogens (tertiary/aromatic N) is 1. The van der Waals surface area contributed by atoms with Crippen LogP contribution in [0.2, 0.25) is 0 Å². The van der Waals surface area contributed by atoms with Crippen LogP contribution < -0.4 is 10.6 Å². The van der Waals surface area contributed by atoms with Gasteiger partial charge in [-0.15, -0.1) is 0 Å². The van der Waals surface area contributed by atoms with Crippen molar-refractivity contribution in [1.82, 2.24) is 0 Å². The molecule has 0 amide bonds. The summed E-state index contributed by atoms with van der Waals surface area (Å²) in [5.74, 6) is 0.449. The van der Waals surface area contributed by atoms with E-state index < -0.39 is 0 Å². The molecule has 0 aromatic heterocycles. The number of para-hydroxylation sites is 1. The zero-order valence-corrected chi connectivity index (χ0v) is 11.5. The summed E-state index contributed by atoms with van der Waals surface area (Å²) < 4.78 is 14.2. The van der Waals surface area contributed by atoms with Crippen LogP contribution in [0.15, 0.2) is 18.2 Å². The van der Waals surface area contributed by atoms with E-state index in [2.05, 4.69) is 18.7 Å². The maximum atomic E-state index is 14.2. The molecular formula is C15H23FN2. The van der Waals surface area contributed by atoms with Crippen molar-refractivity contribution < 1.29 is 4.39 Å². The lowest BCUT2D eigenvalue weighted by Crippen LogP contribution is -2.43. The average molecular weight is 250 g/mol. The number of halogens is 1. The zero-order valence-electron chi connectivity index (χ0n) is 11.5. The van der Waals surface area contributed by atoms with Crippen LogP contribution in [0.5, 0.6) is 0 Å². The molecule has 1 aromatic rings. The lowest BCUT2D eigenvalue weighted by Gasteiger charge is -2.41. The Labute approximate surface area is 109 Å². The number of hydrogen-bond donors (Lipinski definition) is 1. The molecule has 1 fully saturated rings. The van der Waals surface area contributed by atoms with Crippen molar-refractivity contribution in [3.63, 3.8) is 0 Å². The summed E-state index contributed by atoms with van der Waals surface area (Å²) >= 11 is 0. The summed E-state index contributed by atoms with van der Waals surface area (Å²) in [5, 5.41) is 0. The molecule has 3 unspecified atom stereocenters. The molecule has 1 aromatic carbocycles.